The number of methoxy groups -OCH3 is 1. The fourth-order valence-electron chi connectivity index (χ4n) is 2.70. The lowest BCUT2D eigenvalue weighted by Gasteiger charge is -2.11. The maximum absolute atomic E-state index is 5.09. The van der Waals surface area contributed by atoms with Crippen LogP contribution in [0.2, 0.25) is 0 Å². The van der Waals surface area contributed by atoms with Crippen LogP contribution in [0.3, 0.4) is 0 Å². The highest BCUT2D eigenvalue weighted by Gasteiger charge is 2.10. The molecule has 0 saturated heterocycles. The van der Waals surface area contributed by atoms with Crippen LogP contribution in [0.5, 0.6) is 5.88 Å². The number of fused-ring (bicyclic) bond motifs is 3. The van der Waals surface area contributed by atoms with Crippen LogP contribution in [0.4, 0.5) is 11.4 Å². The van der Waals surface area contributed by atoms with E-state index in [-0.39, 0.29) is 0 Å². The Morgan fingerprint density at radius 1 is 1.09 bits per heavy atom. The number of rotatable bonds is 3. The largest absolute Gasteiger partial charge is 0.481 e. The van der Waals surface area contributed by atoms with Gasteiger partial charge < -0.3 is 15.0 Å². The molecule has 0 aliphatic carbocycles. The summed E-state index contributed by atoms with van der Waals surface area (Å²) < 4.78 is 5.09. The summed E-state index contributed by atoms with van der Waals surface area (Å²) >= 11 is 0. The SMILES string of the molecule is COc1ccc(Nc2cc(C)nc3ccc4nc[nH]c4c23)cn1. The molecule has 0 bridgehead atoms. The van der Waals surface area contributed by atoms with Crippen LogP contribution in [0.15, 0.2) is 42.9 Å². The van der Waals surface area contributed by atoms with Crippen molar-refractivity contribution in [1.82, 2.24) is 19.9 Å². The zero-order chi connectivity index (χ0) is 15.8. The minimum Gasteiger partial charge on any atom is -0.481 e. The number of imidazole rings is 1. The van der Waals surface area contributed by atoms with Gasteiger partial charge in [-0.25, -0.2) is 9.97 Å². The van der Waals surface area contributed by atoms with Gasteiger partial charge in [-0.15, -0.1) is 0 Å². The number of pyridine rings is 2. The van der Waals surface area contributed by atoms with Crippen LogP contribution < -0.4 is 10.1 Å². The zero-order valence-electron chi connectivity index (χ0n) is 12.8. The Bertz CT molecular complexity index is 991. The molecule has 114 valence electrons. The third kappa shape index (κ3) is 2.34. The second-order valence-corrected chi connectivity index (χ2v) is 5.28. The van der Waals surface area contributed by atoms with Gasteiger partial charge in [0.1, 0.15) is 0 Å². The van der Waals surface area contributed by atoms with Crippen LogP contribution in [0.1, 0.15) is 5.69 Å². The van der Waals surface area contributed by atoms with Gasteiger partial charge in [-0.3, -0.25) is 4.98 Å². The highest BCUT2D eigenvalue weighted by Crippen LogP contribution is 2.31. The van der Waals surface area contributed by atoms with Gasteiger partial charge in [-0.05, 0) is 31.2 Å². The molecule has 0 aliphatic heterocycles. The molecule has 0 spiro atoms. The molecule has 6 nitrogen and oxygen atoms in total. The number of anilines is 2. The number of aryl methyl sites for hydroxylation is 1. The summed E-state index contributed by atoms with van der Waals surface area (Å²) in [4.78, 5) is 16.4. The zero-order valence-corrected chi connectivity index (χ0v) is 12.8. The van der Waals surface area contributed by atoms with Crippen molar-refractivity contribution in [1.29, 1.82) is 0 Å². The Morgan fingerprint density at radius 2 is 1.96 bits per heavy atom. The van der Waals surface area contributed by atoms with Gasteiger partial charge in [0, 0.05) is 17.1 Å². The number of benzene rings is 1. The number of aromatic nitrogens is 4. The summed E-state index contributed by atoms with van der Waals surface area (Å²) in [6.07, 6.45) is 3.44. The summed E-state index contributed by atoms with van der Waals surface area (Å²) in [6.45, 7) is 1.98. The van der Waals surface area contributed by atoms with E-state index in [1.54, 1.807) is 19.6 Å². The Morgan fingerprint density at radius 3 is 2.74 bits per heavy atom. The smallest absolute Gasteiger partial charge is 0.213 e. The molecule has 3 aromatic heterocycles. The number of aromatic amines is 1. The van der Waals surface area contributed by atoms with E-state index in [0.29, 0.717) is 5.88 Å². The number of hydrogen-bond acceptors (Lipinski definition) is 5. The molecule has 0 aliphatic rings. The Kier molecular flexibility index (Phi) is 3.08. The maximum Gasteiger partial charge on any atom is 0.213 e. The average molecular weight is 305 g/mol. The molecule has 1 aromatic carbocycles. The van der Waals surface area contributed by atoms with E-state index in [2.05, 4.69) is 25.3 Å². The number of H-pyrrole nitrogens is 1. The topological polar surface area (TPSA) is 75.7 Å². The van der Waals surface area contributed by atoms with Crippen LogP contribution in [-0.4, -0.2) is 27.0 Å². The van der Waals surface area contributed by atoms with Crippen LogP contribution in [-0.2, 0) is 0 Å². The Hall–Kier alpha value is -3.15. The Labute approximate surface area is 132 Å². The van der Waals surface area contributed by atoms with E-state index in [1.807, 2.05) is 37.3 Å². The molecular weight excluding hydrogens is 290 g/mol. The minimum atomic E-state index is 0.585. The second-order valence-electron chi connectivity index (χ2n) is 5.28. The first-order valence-electron chi connectivity index (χ1n) is 7.25. The monoisotopic (exact) mass is 305 g/mol. The first kappa shape index (κ1) is 13.5. The Balaban J connectivity index is 1.88. The lowest BCUT2D eigenvalue weighted by atomic mass is 10.1. The van der Waals surface area contributed by atoms with Crippen LogP contribution in [0.25, 0.3) is 21.9 Å². The van der Waals surface area contributed by atoms with Gasteiger partial charge in [0.25, 0.3) is 0 Å². The molecule has 3 heterocycles. The first-order valence-corrected chi connectivity index (χ1v) is 7.25. The second kappa shape index (κ2) is 5.24. The molecule has 0 amide bonds. The lowest BCUT2D eigenvalue weighted by molar-refractivity contribution is 0.398. The summed E-state index contributed by atoms with van der Waals surface area (Å²) in [5.74, 6) is 0.585. The van der Waals surface area contributed by atoms with Crippen LogP contribution in [0, 0.1) is 6.92 Å². The highest BCUT2D eigenvalue weighted by atomic mass is 16.5. The molecule has 4 aromatic rings. The fraction of sp³-hybridized carbons (Fsp3) is 0.118. The van der Waals surface area contributed by atoms with Gasteiger partial charge >= 0.3 is 0 Å². The molecular formula is C17H15N5O. The van der Waals surface area contributed by atoms with E-state index in [1.165, 1.54) is 0 Å². The molecule has 0 unspecified atom stereocenters. The average Bonchev–Trinajstić information content (AvgIpc) is 3.03. The lowest BCUT2D eigenvalue weighted by Crippen LogP contribution is -1.96. The van der Waals surface area contributed by atoms with Gasteiger partial charge in [-0.1, -0.05) is 0 Å². The van der Waals surface area contributed by atoms with Crippen molar-refractivity contribution in [3.8, 4) is 5.88 Å². The minimum absolute atomic E-state index is 0.585. The van der Waals surface area contributed by atoms with Gasteiger partial charge in [-0.2, -0.15) is 0 Å². The standard InChI is InChI=1S/C17H15N5O/c1-10-7-14(22-11-3-6-15(23-2)18-8-11)16-12(21-10)4-5-13-17(16)20-9-19-13/h3-9H,1-2H3,(H,19,20)(H,21,22). The van der Waals surface area contributed by atoms with E-state index < -0.39 is 0 Å². The van der Waals surface area contributed by atoms with Gasteiger partial charge in [0.15, 0.2) is 0 Å². The van der Waals surface area contributed by atoms with Crippen molar-refractivity contribution in [2.24, 2.45) is 0 Å². The summed E-state index contributed by atoms with van der Waals surface area (Å²) in [5.41, 5.74) is 5.60. The fourth-order valence-corrected chi connectivity index (χ4v) is 2.70. The van der Waals surface area contributed by atoms with E-state index in [4.69, 9.17) is 4.74 Å². The van der Waals surface area contributed by atoms with Crippen molar-refractivity contribution in [2.75, 3.05) is 12.4 Å². The van der Waals surface area contributed by atoms with E-state index in [9.17, 15) is 0 Å². The van der Waals surface area contributed by atoms with E-state index in [0.717, 1.165) is 39.0 Å². The molecule has 0 radical (unpaired) electrons. The third-order valence-corrected chi connectivity index (χ3v) is 3.72. The van der Waals surface area contributed by atoms with Crippen LogP contribution >= 0.6 is 0 Å². The van der Waals surface area contributed by atoms with Crippen molar-refractivity contribution < 1.29 is 4.74 Å². The van der Waals surface area contributed by atoms with Crippen molar-refractivity contribution in [3.05, 3.63) is 48.5 Å². The number of ether oxygens (including phenoxy) is 1. The molecule has 0 saturated carbocycles. The maximum atomic E-state index is 5.09. The highest BCUT2D eigenvalue weighted by molar-refractivity contribution is 6.10. The first-order chi connectivity index (χ1) is 11.2. The third-order valence-electron chi connectivity index (χ3n) is 3.72. The van der Waals surface area contributed by atoms with E-state index >= 15 is 0 Å². The summed E-state index contributed by atoms with van der Waals surface area (Å²) in [5, 5.41) is 4.43. The van der Waals surface area contributed by atoms with Crippen molar-refractivity contribution >= 4 is 33.3 Å². The van der Waals surface area contributed by atoms with Gasteiger partial charge in [0.05, 0.1) is 47.6 Å². The molecule has 2 N–H and O–H groups in total. The summed E-state index contributed by atoms with van der Waals surface area (Å²) in [7, 11) is 1.60. The predicted octanol–water partition coefficient (Wildman–Crippen LogP) is 3.57. The van der Waals surface area contributed by atoms with Gasteiger partial charge in [0.2, 0.25) is 5.88 Å². The predicted molar refractivity (Wildman–Crippen MR) is 90.2 cm³/mol. The molecule has 0 fully saturated rings. The normalized spacial score (nSPS) is 11.0. The molecule has 0 atom stereocenters. The summed E-state index contributed by atoms with van der Waals surface area (Å²) in [6, 6.07) is 9.74. The number of nitrogens with one attached hydrogen (secondary N) is 2. The van der Waals surface area contributed by atoms with Crippen molar-refractivity contribution in [2.45, 2.75) is 6.92 Å². The van der Waals surface area contributed by atoms with Crippen molar-refractivity contribution in [3.63, 3.8) is 0 Å². The molecule has 23 heavy (non-hydrogen) atoms. The number of nitrogens with zero attached hydrogens (tertiary/aromatic N) is 3. The molecule has 4 rings (SSSR count). The number of hydrogen-bond donors (Lipinski definition) is 2. The quantitative estimate of drug-likeness (QED) is 0.605. The molecule has 6 heteroatoms.